The second kappa shape index (κ2) is 8.13. The predicted molar refractivity (Wildman–Crippen MR) is 119 cm³/mol. The highest BCUT2D eigenvalue weighted by atomic mass is 16.3. The minimum Gasteiger partial charge on any atom is -0.396 e. The van der Waals surface area contributed by atoms with Crippen LogP contribution in [0, 0.1) is 46.3 Å². The molecule has 0 heterocycles. The van der Waals surface area contributed by atoms with Crippen molar-refractivity contribution in [2.75, 3.05) is 6.61 Å². The van der Waals surface area contributed by atoms with Gasteiger partial charge in [0.15, 0.2) is 0 Å². The molecule has 2 nitrogen and oxygen atoms in total. The van der Waals surface area contributed by atoms with Crippen LogP contribution in [-0.2, 0) is 4.79 Å². The molecule has 0 saturated heterocycles. The predicted octanol–water partition coefficient (Wildman–Crippen LogP) is 6.57. The summed E-state index contributed by atoms with van der Waals surface area (Å²) in [7, 11) is 0. The van der Waals surface area contributed by atoms with Crippen molar-refractivity contribution >= 4 is 5.78 Å². The van der Waals surface area contributed by atoms with Gasteiger partial charge < -0.3 is 5.11 Å². The van der Waals surface area contributed by atoms with Crippen molar-refractivity contribution in [2.45, 2.75) is 98.3 Å². The Hall–Kier alpha value is -0.630. The van der Waals surface area contributed by atoms with E-state index in [1.54, 1.807) is 0 Å². The molecule has 4 rings (SSSR count). The molecule has 29 heavy (non-hydrogen) atoms. The monoisotopic (exact) mass is 400 g/mol. The van der Waals surface area contributed by atoms with Crippen LogP contribution in [0.4, 0.5) is 0 Å². The normalized spacial score (nSPS) is 43.8. The van der Waals surface area contributed by atoms with Crippen LogP contribution in [0.3, 0.4) is 0 Å². The van der Waals surface area contributed by atoms with E-state index in [4.69, 9.17) is 0 Å². The van der Waals surface area contributed by atoms with Gasteiger partial charge in [0.1, 0.15) is 5.78 Å². The lowest BCUT2D eigenvalue weighted by molar-refractivity contribution is -0.127. The minimum atomic E-state index is 0.332. The van der Waals surface area contributed by atoms with Crippen LogP contribution >= 0.6 is 0 Å². The number of rotatable bonds is 6. The molecule has 0 aromatic carbocycles. The molecule has 164 valence electrons. The number of Topliss-reactive ketones (excluding diaryl/α,β-unsaturated/α-hetero) is 1. The number of aliphatic hydroxyl groups is 1. The molecule has 0 radical (unpaired) electrons. The van der Waals surface area contributed by atoms with Gasteiger partial charge >= 0.3 is 0 Å². The first-order valence-electron chi connectivity index (χ1n) is 12.6. The van der Waals surface area contributed by atoms with Gasteiger partial charge in [-0.05, 0) is 91.3 Å². The summed E-state index contributed by atoms with van der Waals surface area (Å²) in [5.41, 5.74) is 2.68. The largest absolute Gasteiger partial charge is 0.396 e. The Balaban J connectivity index is 1.47. The summed E-state index contributed by atoms with van der Waals surface area (Å²) in [5.74, 6) is 4.76. The third-order valence-electron chi connectivity index (χ3n) is 10.3. The van der Waals surface area contributed by atoms with Gasteiger partial charge in [0.2, 0.25) is 0 Å². The Morgan fingerprint density at radius 2 is 1.83 bits per heavy atom. The van der Waals surface area contributed by atoms with Crippen molar-refractivity contribution in [3.63, 3.8) is 0 Å². The summed E-state index contributed by atoms with van der Waals surface area (Å²) < 4.78 is 0. The van der Waals surface area contributed by atoms with E-state index in [2.05, 4.69) is 33.8 Å². The highest BCUT2D eigenvalue weighted by Gasteiger charge is 2.58. The molecular formula is C27H44O2. The first-order chi connectivity index (χ1) is 13.8. The van der Waals surface area contributed by atoms with E-state index < -0.39 is 0 Å². The number of carbonyl (C=O) groups is 1. The fourth-order valence-corrected chi connectivity index (χ4v) is 8.36. The molecule has 0 aromatic rings. The highest BCUT2D eigenvalue weighted by Crippen LogP contribution is 2.66. The van der Waals surface area contributed by atoms with Crippen molar-refractivity contribution in [1.29, 1.82) is 0 Å². The minimum absolute atomic E-state index is 0.332. The Morgan fingerprint density at radius 3 is 2.59 bits per heavy atom. The summed E-state index contributed by atoms with van der Waals surface area (Å²) >= 11 is 0. The zero-order chi connectivity index (χ0) is 20.8. The smallest absolute Gasteiger partial charge is 0.133 e. The van der Waals surface area contributed by atoms with Crippen LogP contribution in [0.5, 0.6) is 0 Å². The molecule has 1 N–H and O–H groups in total. The van der Waals surface area contributed by atoms with E-state index in [9.17, 15) is 9.90 Å². The molecule has 0 amide bonds. The van der Waals surface area contributed by atoms with E-state index >= 15 is 0 Å². The van der Waals surface area contributed by atoms with Gasteiger partial charge in [-0.15, -0.1) is 0 Å². The molecule has 3 saturated carbocycles. The number of ketones is 1. The van der Waals surface area contributed by atoms with Gasteiger partial charge in [0, 0.05) is 19.4 Å². The highest BCUT2D eigenvalue weighted by molar-refractivity contribution is 5.79. The summed E-state index contributed by atoms with van der Waals surface area (Å²) in [6.07, 6.45) is 15.8. The summed E-state index contributed by atoms with van der Waals surface area (Å²) in [6, 6.07) is 0. The molecule has 0 aliphatic heterocycles. The van der Waals surface area contributed by atoms with Crippen LogP contribution < -0.4 is 0 Å². The van der Waals surface area contributed by atoms with Crippen molar-refractivity contribution in [3.05, 3.63) is 11.6 Å². The summed E-state index contributed by atoms with van der Waals surface area (Å²) in [4.78, 5) is 12.1. The number of carbonyl (C=O) groups excluding carboxylic acids is 1. The molecule has 5 unspecified atom stereocenters. The lowest BCUT2D eigenvalue weighted by Gasteiger charge is -2.57. The zero-order valence-corrected chi connectivity index (χ0v) is 19.4. The summed E-state index contributed by atoms with van der Waals surface area (Å²) in [5, 5.41) is 9.31. The standard InChI is InChI=1S/C27H44O2/c1-18(17-28)6-5-7-19(2)23-10-11-24-22-9-8-20-16-21(29)12-14-26(20,3)25(22)13-15-27(23,24)4/h9,18-20,23-25,28H,5-8,10-17H2,1-4H3/t18?,19?,20?,23-,24?,25?,26+,27-/m1/s1. The maximum Gasteiger partial charge on any atom is 0.133 e. The molecule has 8 atom stereocenters. The summed E-state index contributed by atoms with van der Waals surface area (Å²) in [6.45, 7) is 10.2. The number of allylic oxidation sites excluding steroid dienone is 2. The van der Waals surface area contributed by atoms with E-state index in [0.717, 1.165) is 49.4 Å². The van der Waals surface area contributed by atoms with Crippen molar-refractivity contribution < 1.29 is 9.90 Å². The lowest BCUT2D eigenvalue weighted by Crippen LogP contribution is -2.49. The zero-order valence-electron chi connectivity index (χ0n) is 19.4. The maximum absolute atomic E-state index is 12.1. The average Bonchev–Trinajstić information content (AvgIpc) is 3.05. The van der Waals surface area contributed by atoms with E-state index in [-0.39, 0.29) is 0 Å². The molecule has 3 fully saturated rings. The lowest BCUT2D eigenvalue weighted by atomic mass is 9.47. The van der Waals surface area contributed by atoms with Crippen LogP contribution in [0.1, 0.15) is 98.3 Å². The van der Waals surface area contributed by atoms with Crippen molar-refractivity contribution in [1.82, 2.24) is 0 Å². The number of fused-ring (bicyclic) bond motifs is 5. The number of hydrogen-bond donors (Lipinski definition) is 1. The number of aliphatic hydroxyl groups excluding tert-OH is 1. The average molecular weight is 401 g/mol. The first-order valence-corrected chi connectivity index (χ1v) is 12.6. The molecule has 0 bridgehead atoms. The molecule has 0 spiro atoms. The third-order valence-corrected chi connectivity index (χ3v) is 10.3. The second-order valence-electron chi connectivity index (χ2n) is 11.9. The third kappa shape index (κ3) is 3.66. The Bertz CT molecular complexity index is 651. The first kappa shape index (κ1) is 21.6. The van der Waals surface area contributed by atoms with Gasteiger partial charge in [-0.2, -0.15) is 0 Å². The fraction of sp³-hybridized carbons (Fsp3) is 0.889. The van der Waals surface area contributed by atoms with E-state index in [0.29, 0.717) is 35.1 Å². The fourth-order valence-electron chi connectivity index (χ4n) is 8.36. The van der Waals surface area contributed by atoms with Gasteiger partial charge in [-0.1, -0.05) is 52.2 Å². The van der Waals surface area contributed by atoms with Gasteiger partial charge in [0.05, 0.1) is 0 Å². The van der Waals surface area contributed by atoms with Crippen molar-refractivity contribution in [3.8, 4) is 0 Å². The quantitative estimate of drug-likeness (QED) is 0.512. The Morgan fingerprint density at radius 1 is 1.07 bits per heavy atom. The van der Waals surface area contributed by atoms with Crippen LogP contribution in [0.15, 0.2) is 11.6 Å². The SMILES string of the molecule is CC(CO)CCCC(C)[C@H]1CCC2C3=CCC4CC(=O)CC[C@]4(C)C3CC[C@@]21C. The van der Waals surface area contributed by atoms with E-state index in [1.165, 1.54) is 44.9 Å². The molecular weight excluding hydrogens is 356 g/mol. The second-order valence-corrected chi connectivity index (χ2v) is 11.9. The van der Waals surface area contributed by atoms with Crippen LogP contribution in [0.2, 0.25) is 0 Å². The maximum atomic E-state index is 12.1. The van der Waals surface area contributed by atoms with Crippen molar-refractivity contribution in [2.24, 2.45) is 46.3 Å². The Kier molecular flexibility index (Phi) is 6.06. The number of hydrogen-bond acceptors (Lipinski definition) is 2. The van der Waals surface area contributed by atoms with Crippen LogP contribution in [0.25, 0.3) is 0 Å². The topological polar surface area (TPSA) is 37.3 Å². The van der Waals surface area contributed by atoms with Gasteiger partial charge in [0.25, 0.3) is 0 Å². The molecule has 0 aromatic heterocycles. The van der Waals surface area contributed by atoms with E-state index in [1.807, 2.05) is 5.57 Å². The Labute approximate surface area is 178 Å². The van der Waals surface area contributed by atoms with Crippen LogP contribution in [-0.4, -0.2) is 17.5 Å². The molecule has 4 aliphatic rings. The molecule has 4 aliphatic carbocycles. The van der Waals surface area contributed by atoms with Gasteiger partial charge in [-0.3, -0.25) is 4.79 Å². The molecule has 2 heteroatoms. The van der Waals surface area contributed by atoms with Gasteiger partial charge in [-0.25, -0.2) is 0 Å².